The Balaban J connectivity index is 2.08. The maximum absolute atomic E-state index is 6.40. The van der Waals surface area contributed by atoms with Crippen LogP contribution in [-0.2, 0) is 6.42 Å². The van der Waals surface area contributed by atoms with Crippen molar-refractivity contribution >= 4 is 11.6 Å². The number of hydrogen-bond donors (Lipinski definition) is 1. The summed E-state index contributed by atoms with van der Waals surface area (Å²) in [6, 6.07) is 4.18. The number of rotatable bonds is 5. The Morgan fingerprint density at radius 3 is 2.60 bits per heavy atom. The summed E-state index contributed by atoms with van der Waals surface area (Å²) >= 11 is 6.40. The molecular weight excluding hydrogens is 272 g/mol. The monoisotopic (exact) mass is 296 g/mol. The lowest BCUT2D eigenvalue weighted by molar-refractivity contribution is 0.243. The predicted octanol–water partition coefficient (Wildman–Crippen LogP) is 2.92. The highest BCUT2D eigenvalue weighted by Crippen LogP contribution is 2.32. The van der Waals surface area contributed by atoms with Crippen molar-refractivity contribution in [2.75, 3.05) is 39.8 Å². The van der Waals surface area contributed by atoms with Crippen LogP contribution >= 0.6 is 11.6 Å². The molecule has 0 aliphatic carbocycles. The van der Waals surface area contributed by atoms with E-state index in [1.54, 1.807) is 7.11 Å². The predicted molar refractivity (Wildman–Crippen MR) is 85.1 cm³/mol. The molecule has 1 aliphatic rings. The normalized spacial score (nSPS) is 16.6. The Kier molecular flexibility index (Phi) is 5.70. The second kappa shape index (κ2) is 7.30. The van der Waals surface area contributed by atoms with Gasteiger partial charge < -0.3 is 15.0 Å². The van der Waals surface area contributed by atoms with E-state index in [0.29, 0.717) is 5.92 Å². The number of benzene rings is 1. The molecule has 0 saturated carbocycles. The molecular formula is C16H25ClN2O. The molecule has 1 heterocycles. The van der Waals surface area contributed by atoms with E-state index in [1.165, 1.54) is 5.56 Å². The summed E-state index contributed by atoms with van der Waals surface area (Å²) in [6.07, 6.45) is 0.987. The molecule has 0 bridgehead atoms. The molecule has 2 rings (SSSR count). The van der Waals surface area contributed by atoms with Crippen LogP contribution in [0.3, 0.4) is 0 Å². The van der Waals surface area contributed by atoms with Gasteiger partial charge in [0.25, 0.3) is 0 Å². The van der Waals surface area contributed by atoms with E-state index < -0.39 is 0 Å². The summed E-state index contributed by atoms with van der Waals surface area (Å²) < 4.78 is 5.54. The molecule has 1 aromatic carbocycles. The van der Waals surface area contributed by atoms with Gasteiger partial charge in [-0.15, -0.1) is 0 Å². The van der Waals surface area contributed by atoms with Crippen molar-refractivity contribution in [3.63, 3.8) is 0 Å². The van der Waals surface area contributed by atoms with Gasteiger partial charge in [-0.2, -0.15) is 0 Å². The minimum atomic E-state index is 0.415. The lowest BCUT2D eigenvalue weighted by Crippen LogP contribution is -2.44. The van der Waals surface area contributed by atoms with Crippen LogP contribution in [0.2, 0.25) is 5.02 Å². The average molecular weight is 297 g/mol. The molecule has 0 unspecified atom stereocenters. The second-order valence-electron chi connectivity index (χ2n) is 5.68. The van der Waals surface area contributed by atoms with Crippen molar-refractivity contribution in [3.05, 3.63) is 28.3 Å². The fourth-order valence-corrected chi connectivity index (χ4v) is 3.06. The van der Waals surface area contributed by atoms with Gasteiger partial charge in [-0.1, -0.05) is 25.4 Å². The molecule has 0 atom stereocenters. The van der Waals surface area contributed by atoms with E-state index in [1.807, 2.05) is 0 Å². The van der Waals surface area contributed by atoms with E-state index in [2.05, 4.69) is 36.2 Å². The number of hydrogen-bond acceptors (Lipinski definition) is 3. The largest absolute Gasteiger partial charge is 0.496 e. The van der Waals surface area contributed by atoms with Crippen LogP contribution in [0.25, 0.3) is 0 Å². The fraction of sp³-hybridized carbons (Fsp3) is 0.625. The molecule has 1 aliphatic heterocycles. The van der Waals surface area contributed by atoms with Crippen molar-refractivity contribution in [3.8, 4) is 5.75 Å². The molecule has 3 nitrogen and oxygen atoms in total. The Labute approximate surface area is 127 Å². The van der Waals surface area contributed by atoms with Crippen molar-refractivity contribution in [2.24, 2.45) is 0 Å². The van der Waals surface area contributed by atoms with Crippen molar-refractivity contribution in [1.29, 1.82) is 0 Å². The first-order valence-corrected chi connectivity index (χ1v) is 7.79. The molecule has 1 N–H and O–H groups in total. The van der Waals surface area contributed by atoms with Crippen molar-refractivity contribution in [1.82, 2.24) is 10.2 Å². The smallest absolute Gasteiger partial charge is 0.122 e. The number of ether oxygens (including phenoxy) is 1. The third-order valence-electron chi connectivity index (χ3n) is 3.93. The van der Waals surface area contributed by atoms with Crippen molar-refractivity contribution in [2.45, 2.75) is 26.2 Å². The third kappa shape index (κ3) is 3.87. The van der Waals surface area contributed by atoms with Crippen LogP contribution in [0.15, 0.2) is 12.1 Å². The van der Waals surface area contributed by atoms with Gasteiger partial charge in [0.2, 0.25) is 0 Å². The van der Waals surface area contributed by atoms with Crippen LogP contribution in [0, 0.1) is 0 Å². The van der Waals surface area contributed by atoms with Gasteiger partial charge in [-0.25, -0.2) is 0 Å². The maximum Gasteiger partial charge on any atom is 0.122 e. The lowest BCUT2D eigenvalue weighted by atomic mass is 9.99. The highest BCUT2D eigenvalue weighted by atomic mass is 35.5. The van der Waals surface area contributed by atoms with E-state index >= 15 is 0 Å². The maximum atomic E-state index is 6.40. The minimum Gasteiger partial charge on any atom is -0.496 e. The quantitative estimate of drug-likeness (QED) is 0.904. The molecule has 1 aromatic rings. The van der Waals surface area contributed by atoms with Crippen LogP contribution in [0.5, 0.6) is 5.75 Å². The topological polar surface area (TPSA) is 24.5 Å². The summed E-state index contributed by atoms with van der Waals surface area (Å²) in [5, 5.41) is 4.23. The van der Waals surface area contributed by atoms with Crippen LogP contribution in [0.4, 0.5) is 0 Å². The molecule has 1 fully saturated rings. The van der Waals surface area contributed by atoms with Crippen LogP contribution in [0.1, 0.15) is 30.9 Å². The van der Waals surface area contributed by atoms with Crippen molar-refractivity contribution < 1.29 is 4.74 Å². The SMILES string of the molecule is COc1cc(C(C)C)c(Cl)cc1CCN1CCNCC1. The molecule has 0 amide bonds. The Hall–Kier alpha value is -0.770. The Morgan fingerprint density at radius 1 is 1.30 bits per heavy atom. The third-order valence-corrected chi connectivity index (χ3v) is 4.26. The summed E-state index contributed by atoms with van der Waals surface area (Å²) in [6.45, 7) is 9.80. The Bertz CT molecular complexity index is 442. The van der Waals surface area contributed by atoms with Crippen LogP contribution < -0.4 is 10.1 Å². The zero-order chi connectivity index (χ0) is 14.5. The highest BCUT2D eigenvalue weighted by molar-refractivity contribution is 6.31. The molecule has 112 valence electrons. The first-order valence-electron chi connectivity index (χ1n) is 7.41. The fourth-order valence-electron chi connectivity index (χ4n) is 2.65. The molecule has 4 heteroatoms. The highest BCUT2D eigenvalue weighted by Gasteiger charge is 2.14. The molecule has 0 radical (unpaired) electrons. The number of halogens is 1. The second-order valence-corrected chi connectivity index (χ2v) is 6.09. The first kappa shape index (κ1) is 15.6. The van der Waals surface area contributed by atoms with E-state index in [-0.39, 0.29) is 0 Å². The lowest BCUT2D eigenvalue weighted by Gasteiger charge is -2.27. The first-order chi connectivity index (χ1) is 9.61. The molecule has 0 aromatic heterocycles. The average Bonchev–Trinajstić information content (AvgIpc) is 2.46. The summed E-state index contributed by atoms with van der Waals surface area (Å²) in [4.78, 5) is 2.49. The number of piperazine rings is 1. The summed E-state index contributed by atoms with van der Waals surface area (Å²) in [5.41, 5.74) is 2.37. The number of nitrogens with zero attached hydrogens (tertiary/aromatic N) is 1. The van der Waals surface area contributed by atoms with E-state index in [0.717, 1.165) is 55.5 Å². The zero-order valence-electron chi connectivity index (χ0n) is 12.7. The standard InChI is InChI=1S/C16H25ClN2O/c1-12(2)14-11-16(20-3)13(10-15(14)17)4-7-19-8-5-18-6-9-19/h10-12,18H,4-9H2,1-3H3. The van der Waals surface area contributed by atoms with E-state index in [4.69, 9.17) is 16.3 Å². The van der Waals surface area contributed by atoms with Gasteiger partial charge in [0, 0.05) is 37.7 Å². The van der Waals surface area contributed by atoms with Gasteiger partial charge in [-0.3, -0.25) is 0 Å². The Morgan fingerprint density at radius 2 is 2.00 bits per heavy atom. The molecule has 1 saturated heterocycles. The number of methoxy groups -OCH3 is 1. The van der Waals surface area contributed by atoms with Gasteiger partial charge in [0.05, 0.1) is 7.11 Å². The zero-order valence-corrected chi connectivity index (χ0v) is 13.5. The minimum absolute atomic E-state index is 0.415. The summed E-state index contributed by atoms with van der Waals surface area (Å²) in [5.74, 6) is 1.38. The van der Waals surface area contributed by atoms with Gasteiger partial charge >= 0.3 is 0 Å². The molecule has 20 heavy (non-hydrogen) atoms. The van der Waals surface area contributed by atoms with Crippen LogP contribution in [-0.4, -0.2) is 44.7 Å². The van der Waals surface area contributed by atoms with Gasteiger partial charge in [0.15, 0.2) is 0 Å². The summed E-state index contributed by atoms with van der Waals surface area (Å²) in [7, 11) is 1.74. The van der Waals surface area contributed by atoms with E-state index in [9.17, 15) is 0 Å². The number of nitrogens with one attached hydrogen (secondary N) is 1. The van der Waals surface area contributed by atoms with Gasteiger partial charge in [-0.05, 0) is 35.6 Å². The molecule has 0 spiro atoms. The van der Waals surface area contributed by atoms with Gasteiger partial charge in [0.1, 0.15) is 5.75 Å².